The van der Waals surface area contributed by atoms with E-state index in [1.807, 2.05) is 72.0 Å². The first-order valence-corrected chi connectivity index (χ1v) is 9.91. The zero-order valence-electron chi connectivity index (χ0n) is 15.6. The van der Waals surface area contributed by atoms with E-state index in [9.17, 15) is 9.59 Å². The van der Waals surface area contributed by atoms with Gasteiger partial charge in [-0.05, 0) is 30.3 Å². The van der Waals surface area contributed by atoms with Gasteiger partial charge in [-0.1, -0.05) is 64.5 Å². The molecule has 0 bridgehead atoms. The fourth-order valence-corrected chi connectivity index (χ4v) is 3.45. The SMILES string of the molecule is NNC(=O)C[NH2+][C@H](c1ccccc1)c1cc(Br)ccc1NC(=O)c1ccccc1. The fourth-order valence-electron chi connectivity index (χ4n) is 3.08. The smallest absolute Gasteiger partial charge is 0.288 e. The molecule has 0 fully saturated rings. The van der Waals surface area contributed by atoms with Crippen LogP contribution in [0.5, 0.6) is 0 Å². The maximum atomic E-state index is 12.7. The number of carbonyl (C=O) groups is 2. The zero-order valence-corrected chi connectivity index (χ0v) is 17.2. The van der Waals surface area contributed by atoms with Crippen molar-refractivity contribution in [2.45, 2.75) is 6.04 Å². The van der Waals surface area contributed by atoms with Gasteiger partial charge in [0.05, 0.1) is 5.69 Å². The van der Waals surface area contributed by atoms with Gasteiger partial charge in [-0.15, -0.1) is 0 Å². The molecule has 29 heavy (non-hydrogen) atoms. The zero-order chi connectivity index (χ0) is 20.6. The molecule has 0 aliphatic heterocycles. The normalized spacial score (nSPS) is 11.5. The Kier molecular flexibility index (Phi) is 7.13. The number of hydrogen-bond acceptors (Lipinski definition) is 3. The molecule has 0 unspecified atom stereocenters. The van der Waals surface area contributed by atoms with E-state index in [-0.39, 0.29) is 24.4 Å². The minimum absolute atomic E-state index is 0.147. The van der Waals surface area contributed by atoms with Crippen LogP contribution in [-0.2, 0) is 4.79 Å². The van der Waals surface area contributed by atoms with Crippen LogP contribution < -0.4 is 21.9 Å². The number of halogens is 1. The number of anilines is 1. The molecule has 0 radical (unpaired) electrons. The van der Waals surface area contributed by atoms with Crippen molar-refractivity contribution in [3.05, 3.63) is 100 Å². The topological polar surface area (TPSA) is 101 Å². The van der Waals surface area contributed by atoms with Gasteiger partial charge in [-0.3, -0.25) is 15.0 Å². The molecule has 0 aliphatic carbocycles. The van der Waals surface area contributed by atoms with Gasteiger partial charge in [0.15, 0.2) is 6.54 Å². The van der Waals surface area contributed by atoms with Gasteiger partial charge in [-0.25, -0.2) is 5.84 Å². The second-order valence-electron chi connectivity index (χ2n) is 6.45. The molecule has 3 aromatic carbocycles. The Bertz CT molecular complexity index is 981. The number of hydrazine groups is 1. The average molecular weight is 454 g/mol. The molecule has 7 heteroatoms. The molecule has 0 aromatic heterocycles. The summed E-state index contributed by atoms with van der Waals surface area (Å²) in [5.74, 6) is 4.76. The predicted molar refractivity (Wildman–Crippen MR) is 116 cm³/mol. The number of nitrogens with one attached hydrogen (secondary N) is 2. The Hall–Kier alpha value is -3.00. The van der Waals surface area contributed by atoms with Crippen molar-refractivity contribution in [1.29, 1.82) is 0 Å². The summed E-state index contributed by atoms with van der Waals surface area (Å²) in [6, 6.07) is 24.3. The first-order chi connectivity index (χ1) is 14.1. The van der Waals surface area contributed by atoms with Gasteiger partial charge in [-0.2, -0.15) is 0 Å². The van der Waals surface area contributed by atoms with Gasteiger partial charge in [0.2, 0.25) is 0 Å². The fraction of sp³-hybridized carbons (Fsp3) is 0.0909. The Labute approximate surface area is 177 Å². The van der Waals surface area contributed by atoms with Gasteiger partial charge >= 0.3 is 0 Å². The van der Waals surface area contributed by atoms with Crippen LogP contribution in [0.3, 0.4) is 0 Å². The molecule has 1 atom stereocenters. The lowest BCUT2D eigenvalue weighted by Gasteiger charge is -2.20. The van der Waals surface area contributed by atoms with Crippen molar-refractivity contribution in [3.8, 4) is 0 Å². The van der Waals surface area contributed by atoms with E-state index in [2.05, 4.69) is 26.7 Å². The maximum Gasteiger partial charge on any atom is 0.288 e. The van der Waals surface area contributed by atoms with Crippen molar-refractivity contribution in [2.75, 3.05) is 11.9 Å². The molecule has 3 rings (SSSR count). The minimum Gasteiger partial charge on any atom is -0.328 e. The summed E-state index contributed by atoms with van der Waals surface area (Å²) >= 11 is 3.52. The van der Waals surface area contributed by atoms with Crippen LogP contribution in [0.2, 0.25) is 0 Å². The summed E-state index contributed by atoms with van der Waals surface area (Å²) in [4.78, 5) is 24.5. The van der Waals surface area contributed by atoms with Crippen molar-refractivity contribution in [2.24, 2.45) is 5.84 Å². The van der Waals surface area contributed by atoms with Crippen LogP contribution in [0.1, 0.15) is 27.5 Å². The Morgan fingerprint density at radius 1 is 0.966 bits per heavy atom. The monoisotopic (exact) mass is 453 g/mol. The standard InChI is InChI=1S/C22H21BrN4O2/c23-17-11-12-19(26-22(29)16-9-5-2-6-10-16)18(13-17)21(25-14-20(28)27-24)15-7-3-1-4-8-15/h1-13,21,25H,14,24H2,(H,26,29)(H,27,28)/p+1/t21-/m1/s1. The molecule has 0 aliphatic rings. The highest BCUT2D eigenvalue weighted by Crippen LogP contribution is 2.29. The number of rotatable bonds is 7. The van der Waals surface area contributed by atoms with E-state index in [1.54, 1.807) is 12.1 Å². The second-order valence-corrected chi connectivity index (χ2v) is 7.36. The summed E-state index contributed by atoms with van der Waals surface area (Å²) in [6.07, 6.45) is 0. The average Bonchev–Trinajstić information content (AvgIpc) is 2.76. The second kappa shape index (κ2) is 9.97. The summed E-state index contributed by atoms with van der Waals surface area (Å²) < 4.78 is 0.878. The molecule has 3 aromatic rings. The predicted octanol–water partition coefficient (Wildman–Crippen LogP) is 2.34. The molecule has 6 N–H and O–H groups in total. The van der Waals surface area contributed by atoms with Gasteiger partial charge in [0, 0.05) is 21.2 Å². The van der Waals surface area contributed by atoms with Crippen LogP contribution in [0.25, 0.3) is 0 Å². The molecule has 0 saturated heterocycles. The van der Waals surface area contributed by atoms with Crippen molar-refractivity contribution >= 4 is 33.4 Å². The highest BCUT2D eigenvalue weighted by atomic mass is 79.9. The highest BCUT2D eigenvalue weighted by molar-refractivity contribution is 9.10. The van der Waals surface area contributed by atoms with Crippen LogP contribution in [0, 0.1) is 0 Å². The van der Waals surface area contributed by atoms with E-state index in [1.165, 1.54) is 0 Å². The number of nitrogens with two attached hydrogens (primary N) is 2. The lowest BCUT2D eigenvalue weighted by Crippen LogP contribution is -2.88. The highest BCUT2D eigenvalue weighted by Gasteiger charge is 2.23. The Balaban J connectivity index is 1.97. The third-order valence-electron chi connectivity index (χ3n) is 4.49. The first-order valence-electron chi connectivity index (χ1n) is 9.12. The number of carbonyl (C=O) groups excluding carboxylic acids is 2. The molecular formula is C22H22BrN4O2+. The Morgan fingerprint density at radius 3 is 2.28 bits per heavy atom. The van der Waals surface area contributed by atoms with Gasteiger partial charge < -0.3 is 10.6 Å². The van der Waals surface area contributed by atoms with Crippen molar-refractivity contribution < 1.29 is 14.9 Å². The lowest BCUT2D eigenvalue weighted by atomic mass is 9.96. The molecule has 148 valence electrons. The summed E-state index contributed by atoms with van der Waals surface area (Å²) in [5, 5.41) is 4.89. The molecular weight excluding hydrogens is 432 g/mol. The largest absolute Gasteiger partial charge is 0.328 e. The number of hydrogen-bond donors (Lipinski definition) is 4. The third-order valence-corrected chi connectivity index (χ3v) is 4.98. The van der Waals surface area contributed by atoms with Crippen LogP contribution >= 0.6 is 15.9 Å². The minimum atomic E-state index is -0.282. The van der Waals surface area contributed by atoms with E-state index >= 15 is 0 Å². The van der Waals surface area contributed by atoms with E-state index in [4.69, 9.17) is 5.84 Å². The van der Waals surface area contributed by atoms with Gasteiger partial charge in [0.1, 0.15) is 6.04 Å². The van der Waals surface area contributed by atoms with Crippen LogP contribution in [-0.4, -0.2) is 18.4 Å². The quantitative estimate of drug-likeness (QED) is 0.251. The Morgan fingerprint density at radius 2 is 1.62 bits per heavy atom. The summed E-state index contributed by atoms with van der Waals surface area (Å²) in [7, 11) is 0. The number of amides is 2. The first kappa shape index (κ1) is 20.7. The number of benzene rings is 3. The molecule has 0 heterocycles. The van der Waals surface area contributed by atoms with Crippen molar-refractivity contribution in [1.82, 2.24) is 5.43 Å². The van der Waals surface area contributed by atoms with Crippen molar-refractivity contribution in [3.63, 3.8) is 0 Å². The van der Waals surface area contributed by atoms with E-state index in [0.29, 0.717) is 11.3 Å². The summed E-state index contributed by atoms with van der Waals surface area (Å²) in [6.45, 7) is 0.147. The molecule has 6 nitrogen and oxygen atoms in total. The lowest BCUT2D eigenvalue weighted by molar-refractivity contribution is -0.676. The van der Waals surface area contributed by atoms with E-state index < -0.39 is 0 Å². The molecule has 0 saturated carbocycles. The van der Waals surface area contributed by atoms with Gasteiger partial charge in [0.25, 0.3) is 11.8 Å². The van der Waals surface area contributed by atoms with E-state index in [0.717, 1.165) is 15.6 Å². The number of quaternary nitrogens is 1. The summed E-state index contributed by atoms with van der Waals surface area (Å²) in [5.41, 5.74) is 5.29. The van der Waals surface area contributed by atoms with Crippen LogP contribution in [0.4, 0.5) is 5.69 Å². The molecule has 0 spiro atoms. The third kappa shape index (κ3) is 5.51. The molecule has 2 amide bonds. The maximum absolute atomic E-state index is 12.7. The van der Waals surface area contributed by atoms with Crippen LogP contribution in [0.15, 0.2) is 83.3 Å².